The highest BCUT2D eigenvalue weighted by atomic mass is 32.2. The molecule has 2 aromatic rings. The molecule has 1 heterocycles. The van der Waals surface area contributed by atoms with E-state index in [4.69, 9.17) is 4.98 Å². The van der Waals surface area contributed by atoms with Crippen molar-refractivity contribution in [1.82, 2.24) is 10.3 Å². The number of nitrogens with one attached hydrogen (secondary N) is 1. The van der Waals surface area contributed by atoms with Crippen molar-refractivity contribution in [2.75, 3.05) is 12.8 Å². The highest BCUT2D eigenvalue weighted by Crippen LogP contribution is 2.38. The summed E-state index contributed by atoms with van der Waals surface area (Å²) in [6.07, 6.45) is 0. The summed E-state index contributed by atoms with van der Waals surface area (Å²) in [6.45, 7) is 7.10. The third-order valence-electron chi connectivity index (χ3n) is 3.10. The van der Waals surface area contributed by atoms with Crippen LogP contribution in [0.1, 0.15) is 37.3 Å². The predicted molar refractivity (Wildman–Crippen MR) is 90.8 cm³/mol. The summed E-state index contributed by atoms with van der Waals surface area (Å²) >= 11 is 3.25. The zero-order chi connectivity index (χ0) is 15.4. The van der Waals surface area contributed by atoms with E-state index in [-0.39, 0.29) is 5.82 Å². The SMILES string of the molecule is CCSc1cccc(F)c1-c1nc(C(C)C)c(CNC)s1. The molecule has 0 aliphatic heterocycles. The van der Waals surface area contributed by atoms with Crippen molar-refractivity contribution in [2.45, 2.75) is 38.1 Å². The Bertz CT molecular complexity index is 608. The quantitative estimate of drug-likeness (QED) is 0.765. The summed E-state index contributed by atoms with van der Waals surface area (Å²) in [4.78, 5) is 6.89. The standard InChI is InChI=1S/C16H21FN2S2/c1-5-20-12-8-6-7-11(17)14(12)16-19-15(10(2)3)13(21-16)9-18-4/h6-8,10,18H,5,9H2,1-4H3. The Kier molecular flexibility index (Phi) is 5.79. The van der Waals surface area contributed by atoms with Crippen LogP contribution in [0.2, 0.25) is 0 Å². The summed E-state index contributed by atoms with van der Waals surface area (Å²) in [7, 11) is 1.92. The summed E-state index contributed by atoms with van der Waals surface area (Å²) in [5.74, 6) is 1.07. The van der Waals surface area contributed by atoms with Crippen LogP contribution in [0.5, 0.6) is 0 Å². The lowest BCUT2D eigenvalue weighted by atomic mass is 10.1. The Hall–Kier alpha value is -0.910. The van der Waals surface area contributed by atoms with Crippen molar-refractivity contribution in [3.05, 3.63) is 34.6 Å². The molecule has 1 aromatic carbocycles. The van der Waals surface area contributed by atoms with E-state index in [9.17, 15) is 4.39 Å². The molecule has 0 amide bonds. The molecule has 0 saturated heterocycles. The first-order chi connectivity index (χ1) is 10.1. The summed E-state index contributed by atoms with van der Waals surface area (Å²) < 4.78 is 14.3. The first kappa shape index (κ1) is 16.5. The average molecular weight is 324 g/mol. The Morgan fingerprint density at radius 2 is 2.14 bits per heavy atom. The van der Waals surface area contributed by atoms with Crippen molar-refractivity contribution in [2.24, 2.45) is 0 Å². The van der Waals surface area contributed by atoms with Gasteiger partial charge in [0.15, 0.2) is 0 Å². The van der Waals surface area contributed by atoms with Crippen molar-refractivity contribution in [3.63, 3.8) is 0 Å². The maximum absolute atomic E-state index is 14.3. The van der Waals surface area contributed by atoms with E-state index in [1.807, 2.05) is 13.1 Å². The minimum atomic E-state index is -0.187. The van der Waals surface area contributed by atoms with Crippen LogP contribution >= 0.6 is 23.1 Å². The average Bonchev–Trinajstić information content (AvgIpc) is 2.83. The molecule has 1 aromatic heterocycles. The lowest BCUT2D eigenvalue weighted by Crippen LogP contribution is -2.06. The molecule has 114 valence electrons. The molecular formula is C16H21FN2S2. The molecule has 0 aliphatic carbocycles. The maximum Gasteiger partial charge on any atom is 0.134 e. The largest absolute Gasteiger partial charge is 0.315 e. The van der Waals surface area contributed by atoms with E-state index in [0.717, 1.165) is 27.9 Å². The molecule has 21 heavy (non-hydrogen) atoms. The van der Waals surface area contributed by atoms with Gasteiger partial charge >= 0.3 is 0 Å². The first-order valence-corrected chi connectivity index (χ1v) is 8.94. The Labute approximate surface area is 134 Å². The van der Waals surface area contributed by atoms with Gasteiger partial charge in [-0.2, -0.15) is 0 Å². The highest BCUT2D eigenvalue weighted by molar-refractivity contribution is 7.99. The van der Waals surface area contributed by atoms with Gasteiger partial charge in [0.05, 0.1) is 11.3 Å². The Morgan fingerprint density at radius 3 is 2.76 bits per heavy atom. The second-order valence-corrected chi connectivity index (χ2v) is 7.45. The molecule has 2 nitrogen and oxygen atoms in total. The third kappa shape index (κ3) is 3.65. The molecule has 0 aliphatic rings. The van der Waals surface area contributed by atoms with Crippen molar-refractivity contribution < 1.29 is 4.39 Å². The van der Waals surface area contributed by atoms with Gasteiger partial charge < -0.3 is 5.32 Å². The van der Waals surface area contributed by atoms with Gasteiger partial charge in [0, 0.05) is 16.3 Å². The maximum atomic E-state index is 14.3. The molecule has 0 unspecified atom stereocenters. The molecule has 0 spiro atoms. The van der Waals surface area contributed by atoms with E-state index in [0.29, 0.717) is 11.5 Å². The molecular weight excluding hydrogens is 303 g/mol. The number of hydrogen-bond donors (Lipinski definition) is 1. The smallest absolute Gasteiger partial charge is 0.134 e. The second kappa shape index (κ2) is 7.38. The van der Waals surface area contributed by atoms with Crippen LogP contribution in [-0.4, -0.2) is 17.8 Å². The van der Waals surface area contributed by atoms with E-state index in [1.54, 1.807) is 29.2 Å². The van der Waals surface area contributed by atoms with Crippen LogP contribution in [0.25, 0.3) is 10.6 Å². The molecule has 0 atom stereocenters. The van der Waals surface area contributed by atoms with Crippen LogP contribution in [0.15, 0.2) is 23.1 Å². The van der Waals surface area contributed by atoms with Gasteiger partial charge in [0.2, 0.25) is 0 Å². The fourth-order valence-electron chi connectivity index (χ4n) is 2.20. The van der Waals surface area contributed by atoms with Crippen molar-refractivity contribution in [1.29, 1.82) is 0 Å². The van der Waals surface area contributed by atoms with Crippen LogP contribution in [0.4, 0.5) is 4.39 Å². The molecule has 0 saturated carbocycles. The van der Waals surface area contributed by atoms with Crippen LogP contribution < -0.4 is 5.32 Å². The zero-order valence-corrected chi connectivity index (χ0v) is 14.5. The van der Waals surface area contributed by atoms with Gasteiger partial charge in [-0.3, -0.25) is 0 Å². The van der Waals surface area contributed by atoms with E-state index in [2.05, 4.69) is 26.1 Å². The van der Waals surface area contributed by atoms with Crippen LogP contribution in [0.3, 0.4) is 0 Å². The van der Waals surface area contributed by atoms with E-state index >= 15 is 0 Å². The molecule has 1 N–H and O–H groups in total. The minimum Gasteiger partial charge on any atom is -0.315 e. The normalized spacial score (nSPS) is 11.3. The highest BCUT2D eigenvalue weighted by Gasteiger charge is 2.19. The molecule has 0 fully saturated rings. The summed E-state index contributed by atoms with van der Waals surface area (Å²) in [6, 6.07) is 5.26. The van der Waals surface area contributed by atoms with Gasteiger partial charge in [0.1, 0.15) is 10.8 Å². The zero-order valence-electron chi connectivity index (χ0n) is 12.9. The number of rotatable bonds is 6. The number of thiazole rings is 1. The number of halogens is 1. The van der Waals surface area contributed by atoms with Crippen LogP contribution in [0, 0.1) is 5.82 Å². The topological polar surface area (TPSA) is 24.9 Å². The number of thioether (sulfide) groups is 1. The van der Waals surface area contributed by atoms with Gasteiger partial charge in [-0.15, -0.1) is 23.1 Å². The number of nitrogens with zero attached hydrogens (tertiary/aromatic N) is 1. The fraction of sp³-hybridized carbons (Fsp3) is 0.438. The summed E-state index contributed by atoms with van der Waals surface area (Å²) in [5.41, 5.74) is 1.72. The Morgan fingerprint density at radius 1 is 1.38 bits per heavy atom. The lowest BCUT2D eigenvalue weighted by molar-refractivity contribution is 0.628. The lowest BCUT2D eigenvalue weighted by Gasteiger charge is -2.06. The monoisotopic (exact) mass is 324 g/mol. The van der Waals surface area contributed by atoms with Gasteiger partial charge in [-0.25, -0.2) is 9.37 Å². The predicted octanol–water partition coefficient (Wildman–Crippen LogP) is 4.90. The van der Waals surface area contributed by atoms with Gasteiger partial charge in [0.25, 0.3) is 0 Å². The third-order valence-corrected chi connectivity index (χ3v) is 5.13. The van der Waals surface area contributed by atoms with Crippen molar-refractivity contribution in [3.8, 4) is 10.6 Å². The Balaban J connectivity index is 2.54. The number of aromatic nitrogens is 1. The molecule has 0 bridgehead atoms. The number of hydrogen-bond acceptors (Lipinski definition) is 4. The number of benzene rings is 1. The molecule has 2 rings (SSSR count). The minimum absolute atomic E-state index is 0.187. The van der Waals surface area contributed by atoms with E-state index in [1.165, 1.54) is 10.9 Å². The molecule has 5 heteroatoms. The second-order valence-electron chi connectivity index (χ2n) is 5.06. The van der Waals surface area contributed by atoms with E-state index < -0.39 is 0 Å². The fourth-order valence-corrected chi connectivity index (χ4v) is 4.37. The van der Waals surface area contributed by atoms with Crippen LogP contribution in [-0.2, 0) is 6.54 Å². The molecule has 0 radical (unpaired) electrons. The van der Waals surface area contributed by atoms with Gasteiger partial charge in [-0.05, 0) is 30.9 Å². The summed E-state index contributed by atoms with van der Waals surface area (Å²) in [5, 5.41) is 3.96. The van der Waals surface area contributed by atoms with Gasteiger partial charge in [-0.1, -0.05) is 26.8 Å². The first-order valence-electron chi connectivity index (χ1n) is 7.14. The van der Waals surface area contributed by atoms with Crippen molar-refractivity contribution >= 4 is 23.1 Å².